The number of rotatable bonds is 7. The van der Waals surface area contributed by atoms with Crippen molar-refractivity contribution in [3.8, 4) is 5.69 Å². The topological polar surface area (TPSA) is 127 Å². The van der Waals surface area contributed by atoms with Crippen LogP contribution in [-0.4, -0.2) is 42.9 Å². The molecule has 2 aromatic carbocycles. The molecule has 184 valence electrons. The van der Waals surface area contributed by atoms with Gasteiger partial charge in [-0.05, 0) is 30.3 Å². The number of nitrogens with zero attached hydrogens (tertiary/aromatic N) is 4. The summed E-state index contributed by atoms with van der Waals surface area (Å²) in [4.78, 5) is 43.0. The van der Waals surface area contributed by atoms with E-state index in [1.165, 1.54) is 20.2 Å². The molecule has 0 atom stereocenters. The lowest BCUT2D eigenvalue weighted by molar-refractivity contribution is -0.141. The Balaban J connectivity index is 1.59. The smallest absolute Gasteiger partial charge is 0.332 e. The Labute approximate surface area is 211 Å². The zero-order valence-corrected chi connectivity index (χ0v) is 20.0. The van der Waals surface area contributed by atoms with Crippen LogP contribution in [0.25, 0.3) is 16.6 Å². The first-order chi connectivity index (χ1) is 18.0. The van der Waals surface area contributed by atoms with Gasteiger partial charge in [-0.1, -0.05) is 40.6 Å². The summed E-state index contributed by atoms with van der Waals surface area (Å²) in [5.41, 5.74) is 5.60. The zero-order chi connectivity index (χ0) is 25.8. The fraction of sp³-hybridized carbons (Fsp3) is 0.0741. The first-order valence-corrected chi connectivity index (χ1v) is 11.4. The van der Waals surface area contributed by atoms with Gasteiger partial charge in [0.25, 0.3) is 0 Å². The van der Waals surface area contributed by atoms with Crippen molar-refractivity contribution in [1.29, 1.82) is 0 Å². The van der Waals surface area contributed by atoms with Gasteiger partial charge in [-0.2, -0.15) is 0 Å². The van der Waals surface area contributed by atoms with Crippen molar-refractivity contribution in [3.05, 3.63) is 108 Å². The van der Waals surface area contributed by atoms with Crippen LogP contribution in [0.4, 0.5) is 0 Å². The van der Waals surface area contributed by atoms with Crippen LogP contribution in [0.3, 0.4) is 0 Å². The Hall–Kier alpha value is -5.25. The normalized spacial score (nSPS) is 12.1. The lowest BCUT2D eigenvalue weighted by atomic mass is 10.1. The highest BCUT2D eigenvalue weighted by Crippen LogP contribution is 2.27. The third-order valence-electron chi connectivity index (χ3n) is 5.52. The Morgan fingerprint density at radius 1 is 0.838 bits per heavy atom. The lowest BCUT2D eigenvalue weighted by Crippen LogP contribution is -2.07. The Kier molecular flexibility index (Phi) is 6.45. The van der Waals surface area contributed by atoms with Gasteiger partial charge in [0.2, 0.25) is 0 Å². The van der Waals surface area contributed by atoms with Crippen LogP contribution in [0.15, 0.2) is 95.9 Å². The molecular formula is C27H22N6O4. The summed E-state index contributed by atoms with van der Waals surface area (Å²) >= 11 is 0. The number of H-pyrrole nitrogens is 2. The van der Waals surface area contributed by atoms with E-state index >= 15 is 0 Å². The molecule has 2 N–H and O–H groups in total. The number of nitrogens with one attached hydrogen (secondary N) is 2. The Morgan fingerprint density at radius 2 is 1.57 bits per heavy atom. The SMILES string of the molecule is CC(=O)O/N=C(/c1ccc(-n2cc(/C(=N/OC(C)=O)c3cnc[nH]3)c3ccccc32)cc1)c1ccc[nH]1. The molecule has 0 aliphatic carbocycles. The molecule has 0 fully saturated rings. The predicted molar refractivity (Wildman–Crippen MR) is 137 cm³/mol. The highest BCUT2D eigenvalue weighted by molar-refractivity contribution is 6.18. The minimum Gasteiger partial charge on any atom is -0.360 e. The Bertz CT molecular complexity index is 1610. The maximum atomic E-state index is 11.5. The van der Waals surface area contributed by atoms with Gasteiger partial charge in [0.05, 0.1) is 29.4 Å². The van der Waals surface area contributed by atoms with E-state index in [2.05, 4.69) is 25.3 Å². The number of aromatic nitrogens is 4. The molecule has 0 unspecified atom stereocenters. The van der Waals surface area contributed by atoms with Crippen molar-refractivity contribution >= 4 is 34.3 Å². The molecular weight excluding hydrogens is 472 g/mol. The number of para-hydroxylation sites is 1. The highest BCUT2D eigenvalue weighted by atomic mass is 16.7. The summed E-state index contributed by atoms with van der Waals surface area (Å²) in [5.74, 6) is -1.03. The number of imidazole rings is 1. The van der Waals surface area contributed by atoms with Crippen molar-refractivity contribution in [1.82, 2.24) is 19.5 Å². The van der Waals surface area contributed by atoms with E-state index in [0.717, 1.165) is 27.7 Å². The number of aromatic amines is 2. The Morgan fingerprint density at radius 3 is 2.22 bits per heavy atom. The minimum atomic E-state index is -0.523. The van der Waals surface area contributed by atoms with Crippen LogP contribution < -0.4 is 0 Å². The monoisotopic (exact) mass is 494 g/mol. The molecule has 0 aliphatic heterocycles. The molecule has 0 spiro atoms. The van der Waals surface area contributed by atoms with E-state index in [0.29, 0.717) is 22.8 Å². The number of fused-ring (bicyclic) bond motifs is 1. The van der Waals surface area contributed by atoms with E-state index < -0.39 is 11.9 Å². The fourth-order valence-corrected chi connectivity index (χ4v) is 3.95. The van der Waals surface area contributed by atoms with Crippen molar-refractivity contribution in [3.63, 3.8) is 0 Å². The lowest BCUT2D eigenvalue weighted by Gasteiger charge is -2.08. The second kappa shape index (κ2) is 10.2. The summed E-state index contributed by atoms with van der Waals surface area (Å²) in [6, 6.07) is 19.2. The molecule has 5 rings (SSSR count). The van der Waals surface area contributed by atoms with Crippen LogP contribution >= 0.6 is 0 Å². The molecule has 37 heavy (non-hydrogen) atoms. The van der Waals surface area contributed by atoms with E-state index in [-0.39, 0.29) is 0 Å². The van der Waals surface area contributed by atoms with Crippen molar-refractivity contribution in [2.24, 2.45) is 10.3 Å². The van der Waals surface area contributed by atoms with Crippen LogP contribution in [-0.2, 0) is 19.3 Å². The van der Waals surface area contributed by atoms with E-state index in [1.807, 2.05) is 71.4 Å². The third-order valence-corrected chi connectivity index (χ3v) is 5.52. The van der Waals surface area contributed by atoms with Crippen LogP contribution in [0, 0.1) is 0 Å². The molecule has 0 aliphatic rings. The maximum Gasteiger partial charge on any atom is 0.332 e. The molecule has 10 nitrogen and oxygen atoms in total. The average Bonchev–Trinajstić information content (AvgIpc) is 3.67. The van der Waals surface area contributed by atoms with E-state index in [4.69, 9.17) is 9.68 Å². The summed E-state index contributed by atoms with van der Waals surface area (Å²) < 4.78 is 2.02. The van der Waals surface area contributed by atoms with Crippen molar-refractivity contribution in [2.75, 3.05) is 0 Å². The van der Waals surface area contributed by atoms with Gasteiger partial charge in [-0.15, -0.1) is 0 Å². The molecule has 0 saturated heterocycles. The molecule has 3 heterocycles. The summed E-state index contributed by atoms with van der Waals surface area (Å²) in [7, 11) is 0. The van der Waals surface area contributed by atoms with Gasteiger partial charge in [-0.3, -0.25) is 0 Å². The number of hydrogen-bond donors (Lipinski definition) is 2. The van der Waals surface area contributed by atoms with Gasteiger partial charge < -0.3 is 24.2 Å². The zero-order valence-electron chi connectivity index (χ0n) is 20.0. The molecule has 0 radical (unpaired) electrons. The quantitative estimate of drug-likeness (QED) is 0.198. The highest BCUT2D eigenvalue weighted by Gasteiger charge is 2.19. The van der Waals surface area contributed by atoms with Crippen molar-refractivity contribution < 1.29 is 19.3 Å². The number of hydrogen-bond acceptors (Lipinski definition) is 7. The van der Waals surface area contributed by atoms with Gasteiger partial charge in [-0.25, -0.2) is 14.6 Å². The summed E-state index contributed by atoms with van der Waals surface area (Å²) in [6.07, 6.45) is 6.86. The largest absolute Gasteiger partial charge is 0.360 e. The first-order valence-electron chi connectivity index (χ1n) is 11.4. The molecule has 3 aromatic heterocycles. The van der Waals surface area contributed by atoms with E-state index in [1.54, 1.807) is 12.4 Å². The fourth-order valence-electron chi connectivity index (χ4n) is 3.95. The average molecular weight is 495 g/mol. The number of oxime groups is 2. The van der Waals surface area contributed by atoms with Gasteiger partial charge in [0.15, 0.2) is 0 Å². The summed E-state index contributed by atoms with van der Waals surface area (Å²) in [6.45, 7) is 2.60. The predicted octanol–water partition coefficient (Wildman–Crippen LogP) is 4.31. The number of carbonyl (C=O) groups is 2. The van der Waals surface area contributed by atoms with Crippen LogP contribution in [0.1, 0.15) is 36.4 Å². The van der Waals surface area contributed by atoms with Crippen LogP contribution in [0.5, 0.6) is 0 Å². The second-order valence-electron chi connectivity index (χ2n) is 8.07. The number of carbonyl (C=O) groups excluding carboxylic acids is 2. The molecule has 5 aromatic rings. The van der Waals surface area contributed by atoms with Crippen molar-refractivity contribution in [2.45, 2.75) is 13.8 Å². The summed E-state index contributed by atoms with van der Waals surface area (Å²) in [5, 5.41) is 9.07. The molecule has 0 bridgehead atoms. The van der Waals surface area contributed by atoms with E-state index in [9.17, 15) is 9.59 Å². The van der Waals surface area contributed by atoms with Gasteiger partial charge >= 0.3 is 11.9 Å². The minimum absolute atomic E-state index is 0.446. The molecule has 0 amide bonds. The van der Waals surface area contributed by atoms with Gasteiger partial charge in [0, 0.05) is 48.4 Å². The maximum absolute atomic E-state index is 11.5. The molecule has 10 heteroatoms. The second-order valence-corrected chi connectivity index (χ2v) is 8.07. The van der Waals surface area contributed by atoms with Crippen LogP contribution in [0.2, 0.25) is 0 Å². The first kappa shape index (κ1) is 23.5. The molecule has 0 saturated carbocycles. The standard InChI is InChI=1S/C27H22N6O4/c1-17(34)36-31-26(23-7-5-13-29-23)19-9-11-20(12-10-19)33-15-22(21-6-3-4-8-25(21)33)27(32-37-18(2)35)24-14-28-16-30-24/h3-16,29H,1-2H3,(H,28,30)/b31-26-,32-27-. The number of benzene rings is 2. The third kappa shape index (κ3) is 4.94. The van der Waals surface area contributed by atoms with Gasteiger partial charge in [0.1, 0.15) is 11.4 Å².